The normalized spacial score (nSPS) is 13.9. The van der Waals surface area contributed by atoms with Gasteiger partial charge in [0.2, 0.25) is 0 Å². The van der Waals surface area contributed by atoms with Crippen molar-refractivity contribution in [1.82, 2.24) is 0 Å². The number of aliphatic hydroxyl groups is 1. The second kappa shape index (κ2) is 7.28. The molecule has 0 saturated carbocycles. The highest BCUT2D eigenvalue weighted by atomic mass is 35.5. The second-order valence-electron chi connectivity index (χ2n) is 5.90. The molecular formula is C18H14ClF2N3O2. The first-order valence-corrected chi connectivity index (χ1v) is 8.18. The Bertz CT molecular complexity index is 914. The maximum absolute atomic E-state index is 13.5. The van der Waals surface area contributed by atoms with Crippen LogP contribution in [0, 0.1) is 23.0 Å². The number of benzene rings is 2. The Labute approximate surface area is 153 Å². The standard InChI is InChI=1S/C18H14ClF2N3O2/c19-13-6-12(2-1-11(13)8-22)23-18(26)17(25)9-24-4-3-10-5-14(20)15(21)7-16(10)24/h1-2,5-7,17,25H,3-4,9H2,(H,23,26). The number of nitrogens with one attached hydrogen (secondary N) is 1. The van der Waals surface area contributed by atoms with Crippen LogP contribution < -0.4 is 10.2 Å². The first-order valence-electron chi connectivity index (χ1n) is 7.80. The van der Waals surface area contributed by atoms with Crippen LogP contribution in [0.25, 0.3) is 0 Å². The van der Waals surface area contributed by atoms with Crippen LogP contribution in [0.1, 0.15) is 11.1 Å². The number of amides is 1. The minimum absolute atomic E-state index is 0.0616. The lowest BCUT2D eigenvalue weighted by Gasteiger charge is -2.22. The summed E-state index contributed by atoms with van der Waals surface area (Å²) in [7, 11) is 0. The van der Waals surface area contributed by atoms with E-state index in [0.717, 1.165) is 12.1 Å². The molecule has 2 aromatic rings. The summed E-state index contributed by atoms with van der Waals surface area (Å²) in [4.78, 5) is 13.8. The third kappa shape index (κ3) is 3.62. The molecule has 0 aromatic heterocycles. The largest absolute Gasteiger partial charge is 0.381 e. The van der Waals surface area contributed by atoms with Crippen molar-refractivity contribution in [2.24, 2.45) is 0 Å². The van der Waals surface area contributed by atoms with Gasteiger partial charge in [-0.15, -0.1) is 0 Å². The molecule has 1 amide bonds. The molecule has 1 heterocycles. The lowest BCUT2D eigenvalue weighted by Crippen LogP contribution is -2.39. The second-order valence-corrected chi connectivity index (χ2v) is 6.31. The molecule has 5 nitrogen and oxygen atoms in total. The molecule has 2 N–H and O–H groups in total. The molecule has 0 saturated heterocycles. The summed E-state index contributed by atoms with van der Waals surface area (Å²) in [5, 5.41) is 21.7. The molecule has 26 heavy (non-hydrogen) atoms. The number of hydrogen-bond acceptors (Lipinski definition) is 4. The summed E-state index contributed by atoms with van der Waals surface area (Å²) in [5.74, 6) is -2.55. The van der Waals surface area contributed by atoms with Gasteiger partial charge in [0.05, 0.1) is 17.1 Å². The molecule has 0 radical (unpaired) electrons. The van der Waals surface area contributed by atoms with E-state index in [-0.39, 0.29) is 17.1 Å². The molecule has 3 rings (SSSR count). The molecule has 0 aliphatic carbocycles. The number of nitriles is 1. The van der Waals surface area contributed by atoms with Crippen LogP contribution in [0.4, 0.5) is 20.2 Å². The zero-order valence-electron chi connectivity index (χ0n) is 13.5. The van der Waals surface area contributed by atoms with Gasteiger partial charge in [0, 0.05) is 24.0 Å². The van der Waals surface area contributed by atoms with Crippen LogP contribution in [-0.2, 0) is 11.2 Å². The van der Waals surface area contributed by atoms with Gasteiger partial charge >= 0.3 is 0 Å². The quantitative estimate of drug-likeness (QED) is 0.859. The van der Waals surface area contributed by atoms with Gasteiger partial charge in [0.15, 0.2) is 17.7 Å². The average Bonchev–Trinajstić information content (AvgIpc) is 2.97. The number of nitrogens with zero attached hydrogens (tertiary/aromatic N) is 2. The molecule has 0 spiro atoms. The molecule has 0 fully saturated rings. The summed E-state index contributed by atoms with van der Waals surface area (Å²) in [6.07, 6.45) is -0.880. The van der Waals surface area contributed by atoms with E-state index in [9.17, 15) is 18.7 Å². The number of halogens is 3. The Morgan fingerprint density at radius 2 is 2.08 bits per heavy atom. The van der Waals surface area contributed by atoms with Crippen molar-refractivity contribution in [3.8, 4) is 6.07 Å². The van der Waals surface area contributed by atoms with E-state index in [2.05, 4.69) is 5.32 Å². The van der Waals surface area contributed by atoms with E-state index in [1.807, 2.05) is 6.07 Å². The van der Waals surface area contributed by atoms with Gasteiger partial charge in [0.25, 0.3) is 5.91 Å². The SMILES string of the molecule is N#Cc1ccc(NC(=O)C(O)CN2CCc3cc(F)c(F)cc32)cc1Cl. The smallest absolute Gasteiger partial charge is 0.255 e. The Kier molecular flexibility index (Phi) is 5.07. The van der Waals surface area contributed by atoms with E-state index >= 15 is 0 Å². The number of anilines is 2. The predicted molar refractivity (Wildman–Crippen MR) is 93.1 cm³/mol. The van der Waals surface area contributed by atoms with Crippen molar-refractivity contribution in [3.63, 3.8) is 0 Å². The van der Waals surface area contributed by atoms with E-state index in [4.69, 9.17) is 16.9 Å². The molecule has 0 bridgehead atoms. The number of β-amino-alcohol motifs (C(OH)–C–C–N with tert-alkyl or cyclic N) is 1. The van der Waals surface area contributed by atoms with Crippen molar-refractivity contribution in [3.05, 3.63) is 58.1 Å². The summed E-state index contributed by atoms with van der Waals surface area (Å²) in [6, 6.07) is 8.48. The highest BCUT2D eigenvalue weighted by Crippen LogP contribution is 2.30. The van der Waals surface area contributed by atoms with Gasteiger partial charge in [-0.05, 0) is 36.2 Å². The number of hydrogen-bond donors (Lipinski definition) is 2. The van der Waals surface area contributed by atoms with Crippen LogP contribution in [0.2, 0.25) is 5.02 Å². The van der Waals surface area contributed by atoms with Crippen molar-refractivity contribution < 1.29 is 18.7 Å². The maximum Gasteiger partial charge on any atom is 0.255 e. The highest BCUT2D eigenvalue weighted by molar-refractivity contribution is 6.32. The predicted octanol–water partition coefficient (Wildman–Crippen LogP) is 2.85. The van der Waals surface area contributed by atoms with E-state index in [0.29, 0.717) is 29.9 Å². The molecule has 1 aliphatic heterocycles. The molecule has 134 valence electrons. The highest BCUT2D eigenvalue weighted by Gasteiger charge is 2.26. The summed E-state index contributed by atoms with van der Waals surface area (Å²) in [6.45, 7) is 0.388. The lowest BCUT2D eigenvalue weighted by atomic mass is 10.1. The number of carbonyl (C=O) groups is 1. The number of fused-ring (bicyclic) bond motifs is 1. The molecular weight excluding hydrogens is 364 g/mol. The first-order chi connectivity index (χ1) is 12.4. The monoisotopic (exact) mass is 377 g/mol. The van der Waals surface area contributed by atoms with Gasteiger partial charge in [-0.3, -0.25) is 4.79 Å². The lowest BCUT2D eigenvalue weighted by molar-refractivity contribution is -0.123. The number of rotatable bonds is 4. The van der Waals surface area contributed by atoms with Crippen LogP contribution in [0.3, 0.4) is 0 Å². The summed E-state index contributed by atoms with van der Waals surface area (Å²) < 4.78 is 26.7. The molecule has 1 atom stereocenters. The zero-order chi connectivity index (χ0) is 18.8. The average molecular weight is 378 g/mol. The maximum atomic E-state index is 13.5. The van der Waals surface area contributed by atoms with Crippen LogP contribution in [0.5, 0.6) is 0 Å². The van der Waals surface area contributed by atoms with E-state index < -0.39 is 23.6 Å². The van der Waals surface area contributed by atoms with Gasteiger partial charge in [-0.2, -0.15) is 5.26 Å². The third-order valence-electron chi connectivity index (χ3n) is 4.17. The fourth-order valence-electron chi connectivity index (χ4n) is 2.84. The van der Waals surface area contributed by atoms with Crippen molar-refractivity contribution in [2.45, 2.75) is 12.5 Å². The molecule has 1 aliphatic rings. The van der Waals surface area contributed by atoms with E-state index in [1.54, 1.807) is 4.90 Å². The molecule has 2 aromatic carbocycles. The Morgan fingerprint density at radius 1 is 1.35 bits per heavy atom. The van der Waals surface area contributed by atoms with Crippen LogP contribution >= 0.6 is 11.6 Å². The molecule has 1 unspecified atom stereocenters. The zero-order valence-corrected chi connectivity index (χ0v) is 14.2. The number of carbonyl (C=O) groups excluding carboxylic acids is 1. The minimum atomic E-state index is -1.39. The van der Waals surface area contributed by atoms with E-state index in [1.165, 1.54) is 18.2 Å². The van der Waals surface area contributed by atoms with Crippen molar-refractivity contribution in [1.29, 1.82) is 5.26 Å². The third-order valence-corrected chi connectivity index (χ3v) is 4.48. The fraction of sp³-hybridized carbons (Fsp3) is 0.222. The number of aliphatic hydroxyl groups excluding tert-OH is 1. The topological polar surface area (TPSA) is 76.4 Å². The van der Waals surface area contributed by atoms with Crippen LogP contribution in [0.15, 0.2) is 30.3 Å². The first kappa shape index (κ1) is 18.1. The Balaban J connectivity index is 1.67. The molecule has 8 heteroatoms. The van der Waals surface area contributed by atoms with Gasteiger partial charge < -0.3 is 15.3 Å². The summed E-state index contributed by atoms with van der Waals surface area (Å²) in [5.41, 5.74) is 1.72. The Hall–Kier alpha value is -2.69. The van der Waals surface area contributed by atoms with Crippen molar-refractivity contribution >= 4 is 28.9 Å². The fourth-order valence-corrected chi connectivity index (χ4v) is 3.06. The van der Waals surface area contributed by atoms with Crippen molar-refractivity contribution in [2.75, 3.05) is 23.3 Å². The minimum Gasteiger partial charge on any atom is -0.381 e. The van der Waals surface area contributed by atoms with Gasteiger partial charge in [0.1, 0.15) is 6.07 Å². The van der Waals surface area contributed by atoms with Gasteiger partial charge in [-0.1, -0.05) is 11.6 Å². The Morgan fingerprint density at radius 3 is 2.77 bits per heavy atom. The van der Waals surface area contributed by atoms with Crippen LogP contribution in [-0.4, -0.2) is 30.2 Å². The van der Waals surface area contributed by atoms with Gasteiger partial charge in [-0.25, -0.2) is 8.78 Å². The summed E-state index contributed by atoms with van der Waals surface area (Å²) >= 11 is 5.90.